The molecule has 0 radical (unpaired) electrons. The molecule has 0 fully saturated rings. The molecule has 2 aliphatic heterocycles. The number of carbonyl (C=O) groups is 4. The van der Waals surface area contributed by atoms with E-state index in [9.17, 15) is 29.4 Å². The summed E-state index contributed by atoms with van der Waals surface area (Å²) < 4.78 is 0. The first-order chi connectivity index (χ1) is 14.4. The third kappa shape index (κ3) is 2.27. The highest BCUT2D eigenvalue weighted by Crippen LogP contribution is 2.44. The molecule has 0 atom stereocenters. The topological polar surface area (TPSA) is 115 Å². The number of carbonyl (C=O) groups excluding carboxylic acids is 4. The highest BCUT2D eigenvalue weighted by molar-refractivity contribution is 6.36. The molecule has 2 heterocycles. The SMILES string of the molecule is O=C1C2=C(CCC=C2)C(=O)N1c1cc(O)c(N2C(=O)c3ccccc3C2=O)cc1O. The Morgan fingerprint density at radius 2 is 1.27 bits per heavy atom. The Hall–Kier alpha value is -4.20. The van der Waals surface area contributed by atoms with Gasteiger partial charge in [0, 0.05) is 23.3 Å². The van der Waals surface area contributed by atoms with Crippen LogP contribution in [0, 0.1) is 0 Å². The average molecular weight is 402 g/mol. The molecule has 3 aliphatic rings. The molecule has 0 aromatic heterocycles. The fourth-order valence-electron chi connectivity index (χ4n) is 3.97. The van der Waals surface area contributed by atoms with Crippen LogP contribution >= 0.6 is 0 Å². The number of nitrogens with zero attached hydrogens (tertiary/aromatic N) is 2. The molecule has 0 spiro atoms. The molecule has 0 saturated heterocycles. The summed E-state index contributed by atoms with van der Waals surface area (Å²) in [6, 6.07) is 8.22. The van der Waals surface area contributed by atoms with Gasteiger partial charge in [-0.2, -0.15) is 0 Å². The number of phenolic OH excluding ortho intramolecular Hbond substituents is 2. The number of aromatic hydroxyl groups is 2. The number of amides is 4. The van der Waals surface area contributed by atoms with Crippen molar-refractivity contribution >= 4 is 35.0 Å². The first-order valence-electron chi connectivity index (χ1n) is 9.22. The molecular weight excluding hydrogens is 388 g/mol. The lowest BCUT2D eigenvalue weighted by atomic mass is 10.00. The number of imide groups is 2. The zero-order valence-electron chi connectivity index (χ0n) is 15.5. The van der Waals surface area contributed by atoms with Gasteiger partial charge in [0.1, 0.15) is 11.5 Å². The van der Waals surface area contributed by atoms with E-state index in [0.29, 0.717) is 18.4 Å². The van der Waals surface area contributed by atoms with Crippen molar-refractivity contribution in [1.82, 2.24) is 0 Å². The zero-order valence-corrected chi connectivity index (χ0v) is 15.5. The molecule has 0 unspecified atom stereocenters. The third-order valence-electron chi connectivity index (χ3n) is 5.41. The number of rotatable bonds is 2. The summed E-state index contributed by atoms with van der Waals surface area (Å²) in [4.78, 5) is 52.3. The summed E-state index contributed by atoms with van der Waals surface area (Å²) in [6.45, 7) is 0. The molecule has 4 amide bonds. The number of benzene rings is 2. The minimum Gasteiger partial charge on any atom is -0.506 e. The fourth-order valence-corrected chi connectivity index (χ4v) is 3.97. The van der Waals surface area contributed by atoms with Crippen LogP contribution < -0.4 is 9.80 Å². The van der Waals surface area contributed by atoms with E-state index in [4.69, 9.17) is 0 Å². The van der Waals surface area contributed by atoms with Gasteiger partial charge in [-0.3, -0.25) is 19.2 Å². The van der Waals surface area contributed by atoms with Gasteiger partial charge in [-0.25, -0.2) is 9.80 Å². The van der Waals surface area contributed by atoms with Crippen molar-refractivity contribution in [2.45, 2.75) is 12.8 Å². The smallest absolute Gasteiger partial charge is 0.266 e. The molecular formula is C22H14N2O6. The number of hydrogen-bond donors (Lipinski definition) is 2. The predicted octanol–water partition coefficient (Wildman–Crippen LogP) is 2.42. The van der Waals surface area contributed by atoms with Crippen molar-refractivity contribution in [1.29, 1.82) is 0 Å². The van der Waals surface area contributed by atoms with Crippen molar-refractivity contribution in [2.75, 3.05) is 9.80 Å². The van der Waals surface area contributed by atoms with E-state index in [1.165, 1.54) is 12.1 Å². The van der Waals surface area contributed by atoms with Gasteiger partial charge in [-0.15, -0.1) is 0 Å². The first kappa shape index (κ1) is 17.9. The summed E-state index contributed by atoms with van der Waals surface area (Å²) in [7, 11) is 0. The summed E-state index contributed by atoms with van der Waals surface area (Å²) in [5.74, 6) is -3.51. The second-order valence-electron chi connectivity index (χ2n) is 7.10. The summed E-state index contributed by atoms with van der Waals surface area (Å²) in [5.41, 5.74) is 0.517. The van der Waals surface area contributed by atoms with E-state index in [1.807, 2.05) is 0 Å². The fraction of sp³-hybridized carbons (Fsp3) is 0.0909. The van der Waals surface area contributed by atoms with Gasteiger partial charge >= 0.3 is 0 Å². The molecule has 2 aromatic rings. The van der Waals surface area contributed by atoms with Crippen molar-refractivity contribution in [3.63, 3.8) is 0 Å². The Bertz CT molecular complexity index is 1220. The Balaban J connectivity index is 1.56. The van der Waals surface area contributed by atoms with Gasteiger partial charge in [0.25, 0.3) is 23.6 Å². The van der Waals surface area contributed by atoms with Crippen LogP contribution in [0.15, 0.2) is 59.7 Å². The molecule has 8 nitrogen and oxygen atoms in total. The molecule has 2 aromatic carbocycles. The highest BCUT2D eigenvalue weighted by atomic mass is 16.3. The Kier molecular flexibility index (Phi) is 3.66. The minimum absolute atomic E-state index is 0.180. The van der Waals surface area contributed by atoms with E-state index >= 15 is 0 Å². The maximum atomic E-state index is 12.7. The van der Waals surface area contributed by atoms with Crippen LogP contribution in [0.2, 0.25) is 0 Å². The quantitative estimate of drug-likeness (QED) is 0.589. The molecule has 2 N–H and O–H groups in total. The van der Waals surface area contributed by atoms with Crippen LogP contribution in [0.3, 0.4) is 0 Å². The summed E-state index contributed by atoms with van der Waals surface area (Å²) in [5, 5.41) is 21.1. The largest absolute Gasteiger partial charge is 0.506 e. The van der Waals surface area contributed by atoms with Crippen LogP contribution in [0.25, 0.3) is 0 Å². The van der Waals surface area contributed by atoms with Gasteiger partial charge in [-0.05, 0) is 25.0 Å². The van der Waals surface area contributed by atoms with Gasteiger partial charge in [0.15, 0.2) is 0 Å². The number of phenols is 2. The number of allylic oxidation sites excluding steroid dienone is 1. The third-order valence-corrected chi connectivity index (χ3v) is 5.41. The number of fused-ring (bicyclic) bond motifs is 1. The van der Waals surface area contributed by atoms with E-state index in [-0.39, 0.29) is 28.1 Å². The monoisotopic (exact) mass is 402 g/mol. The van der Waals surface area contributed by atoms with E-state index in [0.717, 1.165) is 21.9 Å². The predicted molar refractivity (Wildman–Crippen MR) is 105 cm³/mol. The van der Waals surface area contributed by atoms with Crippen molar-refractivity contribution in [3.05, 3.63) is 70.8 Å². The molecule has 148 valence electrons. The lowest BCUT2D eigenvalue weighted by molar-refractivity contribution is -0.120. The summed E-state index contributed by atoms with van der Waals surface area (Å²) >= 11 is 0. The summed E-state index contributed by atoms with van der Waals surface area (Å²) in [6.07, 6.45) is 4.40. The van der Waals surface area contributed by atoms with Gasteiger partial charge in [0.05, 0.1) is 22.5 Å². The number of hydrogen-bond acceptors (Lipinski definition) is 6. The van der Waals surface area contributed by atoms with E-state index in [2.05, 4.69) is 0 Å². The van der Waals surface area contributed by atoms with E-state index in [1.54, 1.807) is 24.3 Å². The molecule has 0 saturated carbocycles. The minimum atomic E-state index is -0.645. The van der Waals surface area contributed by atoms with Crippen LogP contribution in [-0.4, -0.2) is 33.8 Å². The zero-order chi connectivity index (χ0) is 21.2. The van der Waals surface area contributed by atoms with Crippen molar-refractivity contribution in [3.8, 4) is 11.5 Å². The number of anilines is 2. The molecule has 8 heteroatoms. The van der Waals surface area contributed by atoms with Crippen LogP contribution in [-0.2, 0) is 9.59 Å². The van der Waals surface area contributed by atoms with Gasteiger partial charge in [-0.1, -0.05) is 24.3 Å². The standard InChI is InChI=1S/C22H14N2O6/c25-17-10-16(24-21(29)13-7-3-4-8-14(13)22(24)30)18(26)9-15(17)23-19(27)11-5-1-2-6-12(11)20(23)28/h1-3,5-7,9-10,25-26H,4,8H2. The molecule has 1 aliphatic carbocycles. The average Bonchev–Trinajstić information content (AvgIpc) is 3.15. The molecule has 0 bridgehead atoms. The second kappa shape index (κ2) is 6.15. The Morgan fingerprint density at radius 3 is 1.80 bits per heavy atom. The van der Waals surface area contributed by atoms with Crippen LogP contribution in [0.1, 0.15) is 33.6 Å². The van der Waals surface area contributed by atoms with Crippen molar-refractivity contribution in [2.24, 2.45) is 0 Å². The highest BCUT2D eigenvalue weighted by Gasteiger charge is 2.42. The van der Waals surface area contributed by atoms with Crippen molar-refractivity contribution < 1.29 is 29.4 Å². The first-order valence-corrected chi connectivity index (χ1v) is 9.22. The normalized spacial score (nSPS) is 17.9. The molecule has 30 heavy (non-hydrogen) atoms. The maximum Gasteiger partial charge on any atom is 0.266 e. The molecule has 5 rings (SSSR count). The lowest BCUT2D eigenvalue weighted by Crippen LogP contribution is -2.32. The van der Waals surface area contributed by atoms with Gasteiger partial charge < -0.3 is 10.2 Å². The Morgan fingerprint density at radius 1 is 0.733 bits per heavy atom. The Labute approximate surface area is 169 Å². The van der Waals surface area contributed by atoms with Crippen LogP contribution in [0.5, 0.6) is 11.5 Å². The maximum absolute atomic E-state index is 12.7. The van der Waals surface area contributed by atoms with Gasteiger partial charge in [0.2, 0.25) is 0 Å². The van der Waals surface area contributed by atoms with Crippen LogP contribution in [0.4, 0.5) is 11.4 Å². The second-order valence-corrected chi connectivity index (χ2v) is 7.10. The lowest BCUT2D eigenvalue weighted by Gasteiger charge is -2.21. The van der Waals surface area contributed by atoms with E-state index < -0.39 is 35.1 Å².